The minimum atomic E-state index is 0.867. The molecule has 0 saturated carbocycles. The van der Waals surface area contributed by atoms with Crippen molar-refractivity contribution in [3.05, 3.63) is 51.5 Å². The van der Waals surface area contributed by atoms with E-state index in [1.807, 2.05) is 31.2 Å². The number of rotatable bonds is 2. The Kier molecular flexibility index (Phi) is 3.29. The Morgan fingerprint density at radius 2 is 1.95 bits per heavy atom. The van der Waals surface area contributed by atoms with E-state index in [2.05, 4.69) is 28.9 Å². The van der Waals surface area contributed by atoms with Crippen LogP contribution in [-0.4, -0.2) is 4.98 Å². The molecule has 0 aliphatic heterocycles. The molecule has 0 radical (unpaired) electrons. The Morgan fingerprint density at radius 3 is 2.63 bits per heavy atom. The van der Waals surface area contributed by atoms with Crippen molar-refractivity contribution >= 4 is 27.3 Å². The molecular formula is C15H12BrNOS. The lowest BCUT2D eigenvalue weighted by molar-refractivity contribution is 0.580. The van der Waals surface area contributed by atoms with Gasteiger partial charge in [0.1, 0.15) is 0 Å². The fraction of sp³-hybridized carbons (Fsp3) is 0.133. The van der Waals surface area contributed by atoms with E-state index in [9.17, 15) is 0 Å². The fourth-order valence-electron chi connectivity index (χ4n) is 1.99. The van der Waals surface area contributed by atoms with Crippen LogP contribution in [0, 0.1) is 13.8 Å². The van der Waals surface area contributed by atoms with E-state index in [-0.39, 0.29) is 0 Å². The van der Waals surface area contributed by atoms with Gasteiger partial charge in [0.05, 0.1) is 12.0 Å². The molecule has 3 rings (SSSR count). The monoisotopic (exact) mass is 333 g/mol. The first-order valence-corrected chi connectivity index (χ1v) is 7.54. The molecule has 0 aliphatic rings. The Balaban J connectivity index is 2.13. The molecule has 0 unspecified atom stereocenters. The maximum absolute atomic E-state index is 5.52. The maximum Gasteiger partial charge on any atom is 0.165 e. The van der Waals surface area contributed by atoms with Crippen molar-refractivity contribution < 1.29 is 4.42 Å². The average Bonchev–Trinajstić information content (AvgIpc) is 2.96. The lowest BCUT2D eigenvalue weighted by atomic mass is 10.1. The molecule has 0 atom stereocenters. The Labute approximate surface area is 124 Å². The molecule has 0 N–H and O–H groups in total. The summed E-state index contributed by atoms with van der Waals surface area (Å²) in [6.07, 6.45) is 1.71. The summed E-state index contributed by atoms with van der Waals surface area (Å²) in [5.74, 6) is 0.867. The summed E-state index contributed by atoms with van der Waals surface area (Å²) < 4.78 is 6.58. The predicted molar refractivity (Wildman–Crippen MR) is 82.4 cm³/mol. The minimum Gasteiger partial charge on any atom is -0.462 e. The number of hydrogen-bond acceptors (Lipinski definition) is 3. The van der Waals surface area contributed by atoms with Gasteiger partial charge < -0.3 is 4.42 Å². The molecule has 96 valence electrons. The molecule has 1 aromatic carbocycles. The number of furan rings is 1. The van der Waals surface area contributed by atoms with Gasteiger partial charge in [-0.05, 0) is 31.5 Å². The number of aromatic nitrogens is 1. The van der Waals surface area contributed by atoms with Crippen LogP contribution in [0.2, 0.25) is 0 Å². The quantitative estimate of drug-likeness (QED) is 0.623. The van der Waals surface area contributed by atoms with Gasteiger partial charge >= 0.3 is 0 Å². The number of aryl methyl sites for hydroxylation is 2. The summed E-state index contributed by atoms with van der Waals surface area (Å²) in [4.78, 5) is 5.93. The van der Waals surface area contributed by atoms with Gasteiger partial charge in [0.15, 0.2) is 10.8 Å². The highest BCUT2D eigenvalue weighted by Gasteiger charge is 2.16. The Hall–Kier alpha value is -1.39. The Morgan fingerprint density at radius 1 is 1.16 bits per heavy atom. The first-order valence-electron chi connectivity index (χ1n) is 5.93. The van der Waals surface area contributed by atoms with Crippen LogP contribution in [0.4, 0.5) is 0 Å². The molecule has 0 aliphatic carbocycles. The van der Waals surface area contributed by atoms with E-state index in [0.717, 1.165) is 32.1 Å². The highest BCUT2D eigenvalue weighted by atomic mass is 79.9. The smallest absolute Gasteiger partial charge is 0.165 e. The lowest BCUT2D eigenvalue weighted by Gasteiger charge is -2.01. The highest BCUT2D eigenvalue weighted by molar-refractivity contribution is 9.10. The SMILES string of the molecule is Cc1ccoc1-c1nc(-c2ccccc2Br)c(C)s1. The van der Waals surface area contributed by atoms with E-state index in [1.165, 1.54) is 4.88 Å². The zero-order chi connectivity index (χ0) is 13.4. The first-order chi connectivity index (χ1) is 9.16. The summed E-state index contributed by atoms with van der Waals surface area (Å²) in [7, 11) is 0. The van der Waals surface area contributed by atoms with Crippen LogP contribution in [0.15, 0.2) is 45.5 Å². The molecular weight excluding hydrogens is 322 g/mol. The van der Waals surface area contributed by atoms with Crippen molar-refractivity contribution in [2.75, 3.05) is 0 Å². The topological polar surface area (TPSA) is 26.0 Å². The van der Waals surface area contributed by atoms with Crippen LogP contribution in [0.5, 0.6) is 0 Å². The second kappa shape index (κ2) is 4.94. The zero-order valence-corrected chi connectivity index (χ0v) is 13.0. The zero-order valence-electron chi connectivity index (χ0n) is 10.6. The van der Waals surface area contributed by atoms with Crippen LogP contribution < -0.4 is 0 Å². The van der Waals surface area contributed by atoms with Crippen LogP contribution in [0.25, 0.3) is 22.0 Å². The Bertz CT molecular complexity index is 729. The van der Waals surface area contributed by atoms with Gasteiger partial charge in [-0.25, -0.2) is 4.98 Å². The molecule has 3 aromatic rings. The van der Waals surface area contributed by atoms with Crippen molar-refractivity contribution in [1.82, 2.24) is 4.98 Å². The van der Waals surface area contributed by atoms with Crippen molar-refractivity contribution in [2.24, 2.45) is 0 Å². The number of benzene rings is 1. The van der Waals surface area contributed by atoms with Crippen LogP contribution >= 0.6 is 27.3 Å². The molecule has 4 heteroatoms. The second-order valence-electron chi connectivity index (χ2n) is 4.34. The third kappa shape index (κ3) is 2.26. The lowest BCUT2D eigenvalue weighted by Crippen LogP contribution is -1.82. The fourth-order valence-corrected chi connectivity index (χ4v) is 3.44. The molecule has 0 amide bonds. The molecule has 2 heterocycles. The summed E-state index contributed by atoms with van der Waals surface area (Å²) in [6, 6.07) is 10.1. The molecule has 0 fully saturated rings. The van der Waals surface area contributed by atoms with Gasteiger partial charge in [-0.15, -0.1) is 11.3 Å². The molecule has 0 bridgehead atoms. The van der Waals surface area contributed by atoms with Crippen molar-refractivity contribution in [2.45, 2.75) is 13.8 Å². The summed E-state index contributed by atoms with van der Waals surface area (Å²) in [5, 5.41) is 0.936. The van der Waals surface area contributed by atoms with Gasteiger partial charge in [-0.1, -0.05) is 34.1 Å². The normalized spacial score (nSPS) is 10.9. The summed E-state index contributed by atoms with van der Waals surface area (Å²) in [6.45, 7) is 4.13. The van der Waals surface area contributed by atoms with E-state index >= 15 is 0 Å². The number of halogens is 1. The second-order valence-corrected chi connectivity index (χ2v) is 6.39. The molecule has 2 nitrogen and oxygen atoms in total. The van der Waals surface area contributed by atoms with E-state index in [1.54, 1.807) is 17.6 Å². The average molecular weight is 334 g/mol. The van der Waals surface area contributed by atoms with Gasteiger partial charge in [-0.3, -0.25) is 0 Å². The van der Waals surface area contributed by atoms with Gasteiger partial charge in [-0.2, -0.15) is 0 Å². The minimum absolute atomic E-state index is 0.867. The number of thiazole rings is 1. The molecule has 19 heavy (non-hydrogen) atoms. The molecule has 2 aromatic heterocycles. The third-order valence-electron chi connectivity index (χ3n) is 2.98. The first kappa shape index (κ1) is 12.6. The summed E-state index contributed by atoms with van der Waals surface area (Å²) >= 11 is 5.24. The van der Waals surface area contributed by atoms with Crippen molar-refractivity contribution in [3.8, 4) is 22.0 Å². The van der Waals surface area contributed by atoms with Gasteiger partial charge in [0.2, 0.25) is 0 Å². The highest BCUT2D eigenvalue weighted by Crippen LogP contribution is 2.37. The van der Waals surface area contributed by atoms with E-state index in [0.29, 0.717) is 0 Å². The van der Waals surface area contributed by atoms with Crippen LogP contribution in [-0.2, 0) is 0 Å². The largest absolute Gasteiger partial charge is 0.462 e. The van der Waals surface area contributed by atoms with Gasteiger partial charge in [0.25, 0.3) is 0 Å². The standard InChI is InChI=1S/C15H12BrNOS/c1-9-7-8-18-14(9)15-17-13(10(2)19-15)11-5-3-4-6-12(11)16/h3-8H,1-2H3. The molecule has 0 saturated heterocycles. The van der Waals surface area contributed by atoms with Crippen LogP contribution in [0.1, 0.15) is 10.4 Å². The number of hydrogen-bond donors (Lipinski definition) is 0. The van der Waals surface area contributed by atoms with Crippen LogP contribution in [0.3, 0.4) is 0 Å². The van der Waals surface area contributed by atoms with Crippen molar-refractivity contribution in [1.29, 1.82) is 0 Å². The molecule has 0 spiro atoms. The van der Waals surface area contributed by atoms with Gasteiger partial charge in [0, 0.05) is 14.9 Å². The van der Waals surface area contributed by atoms with E-state index in [4.69, 9.17) is 9.40 Å². The van der Waals surface area contributed by atoms with Crippen molar-refractivity contribution in [3.63, 3.8) is 0 Å². The van der Waals surface area contributed by atoms with E-state index < -0.39 is 0 Å². The maximum atomic E-state index is 5.52. The number of nitrogens with zero attached hydrogens (tertiary/aromatic N) is 1. The third-order valence-corrected chi connectivity index (χ3v) is 4.64. The summed E-state index contributed by atoms with van der Waals surface area (Å²) in [5.41, 5.74) is 3.25. The predicted octanol–water partition coefficient (Wildman–Crippen LogP) is 5.45.